The molecule has 0 aliphatic carbocycles. The highest BCUT2D eigenvalue weighted by atomic mass is 16.2. The Morgan fingerprint density at radius 1 is 1.50 bits per heavy atom. The van der Waals surface area contributed by atoms with E-state index in [1.807, 2.05) is 30.1 Å². The molecule has 1 atom stereocenters. The number of aromatic nitrogens is 1. The first kappa shape index (κ1) is 15.0. The fraction of sp³-hybridized carbons (Fsp3) is 0.625. The second-order valence-corrected chi connectivity index (χ2v) is 6.04. The second-order valence-electron chi connectivity index (χ2n) is 6.04. The van der Waals surface area contributed by atoms with Crippen molar-refractivity contribution in [2.75, 3.05) is 26.7 Å². The summed E-state index contributed by atoms with van der Waals surface area (Å²) in [5.74, 6) is 0.635. The van der Waals surface area contributed by atoms with Gasteiger partial charge in [-0.2, -0.15) is 0 Å². The maximum atomic E-state index is 12.8. The van der Waals surface area contributed by atoms with Crippen LogP contribution in [0.1, 0.15) is 26.0 Å². The predicted molar refractivity (Wildman–Crippen MR) is 80.3 cm³/mol. The molecule has 1 unspecified atom stereocenters. The van der Waals surface area contributed by atoms with Crippen LogP contribution in [0.15, 0.2) is 24.4 Å². The van der Waals surface area contributed by atoms with Gasteiger partial charge < -0.3 is 10.2 Å². The monoisotopic (exact) mass is 275 g/mol. The quantitative estimate of drug-likeness (QED) is 0.890. The van der Waals surface area contributed by atoms with Crippen molar-refractivity contribution in [2.45, 2.75) is 26.7 Å². The average molecular weight is 275 g/mol. The molecule has 110 valence electrons. The highest BCUT2D eigenvalue weighted by Crippen LogP contribution is 2.35. The van der Waals surface area contributed by atoms with Crippen molar-refractivity contribution in [2.24, 2.45) is 11.3 Å². The van der Waals surface area contributed by atoms with Gasteiger partial charge in [0.05, 0.1) is 5.41 Å². The molecule has 1 amide bonds. The average Bonchev–Trinajstić information content (AvgIpc) is 2.96. The normalized spacial score (nSPS) is 22.2. The lowest BCUT2D eigenvalue weighted by Crippen LogP contribution is -2.47. The van der Waals surface area contributed by atoms with E-state index in [4.69, 9.17) is 0 Å². The van der Waals surface area contributed by atoms with Gasteiger partial charge in [0.25, 0.3) is 0 Å². The summed E-state index contributed by atoms with van der Waals surface area (Å²) in [6.45, 7) is 6.77. The van der Waals surface area contributed by atoms with E-state index in [0.29, 0.717) is 5.92 Å². The van der Waals surface area contributed by atoms with Crippen LogP contribution < -0.4 is 5.32 Å². The number of nitrogens with one attached hydrogen (secondary N) is 1. The Balaban J connectivity index is 1.97. The van der Waals surface area contributed by atoms with E-state index in [2.05, 4.69) is 24.1 Å². The summed E-state index contributed by atoms with van der Waals surface area (Å²) in [4.78, 5) is 19.0. The van der Waals surface area contributed by atoms with Gasteiger partial charge in [0.2, 0.25) is 5.91 Å². The molecule has 1 aliphatic heterocycles. The molecule has 1 aliphatic rings. The summed E-state index contributed by atoms with van der Waals surface area (Å²) < 4.78 is 0. The smallest absolute Gasteiger partial charge is 0.230 e. The van der Waals surface area contributed by atoms with Crippen molar-refractivity contribution in [1.82, 2.24) is 15.2 Å². The first-order valence-electron chi connectivity index (χ1n) is 7.42. The first-order valence-corrected chi connectivity index (χ1v) is 7.42. The van der Waals surface area contributed by atoms with E-state index in [1.165, 1.54) is 0 Å². The molecule has 1 fully saturated rings. The topological polar surface area (TPSA) is 45.2 Å². The molecule has 4 nitrogen and oxygen atoms in total. The van der Waals surface area contributed by atoms with Crippen LogP contribution >= 0.6 is 0 Å². The highest BCUT2D eigenvalue weighted by molar-refractivity contribution is 5.83. The number of nitrogens with zero attached hydrogens (tertiary/aromatic N) is 2. The van der Waals surface area contributed by atoms with Gasteiger partial charge in [-0.1, -0.05) is 19.9 Å². The minimum Gasteiger partial charge on any atom is -0.345 e. The number of carbonyl (C=O) groups excluding carboxylic acids is 1. The molecular weight excluding hydrogens is 250 g/mol. The van der Waals surface area contributed by atoms with Gasteiger partial charge in [-0.25, -0.2) is 0 Å². The molecule has 0 saturated carbocycles. The van der Waals surface area contributed by atoms with Crippen molar-refractivity contribution < 1.29 is 4.79 Å². The summed E-state index contributed by atoms with van der Waals surface area (Å²) in [5, 5.41) is 3.34. The number of hydrogen-bond acceptors (Lipinski definition) is 3. The largest absolute Gasteiger partial charge is 0.345 e. The highest BCUT2D eigenvalue weighted by Gasteiger charge is 2.45. The number of hydrogen-bond donors (Lipinski definition) is 1. The van der Waals surface area contributed by atoms with E-state index in [9.17, 15) is 4.79 Å². The van der Waals surface area contributed by atoms with Crippen molar-refractivity contribution in [3.63, 3.8) is 0 Å². The standard InChI is InChI=1S/C16H25N3O/c1-13(2)16(8-10-17-12-16)15(20)19(3)11-7-14-6-4-5-9-18-14/h4-6,9,13,17H,7-8,10-12H2,1-3H3. The number of pyridine rings is 1. The van der Waals surface area contributed by atoms with Crippen molar-refractivity contribution in [3.05, 3.63) is 30.1 Å². The third kappa shape index (κ3) is 3.01. The third-order valence-corrected chi connectivity index (χ3v) is 4.50. The first-order chi connectivity index (χ1) is 9.56. The minimum absolute atomic E-state index is 0.223. The summed E-state index contributed by atoms with van der Waals surface area (Å²) in [7, 11) is 1.91. The van der Waals surface area contributed by atoms with Gasteiger partial charge in [0.15, 0.2) is 0 Å². The molecule has 0 aromatic carbocycles. The summed E-state index contributed by atoms with van der Waals surface area (Å²) in [5.41, 5.74) is 0.814. The molecular formula is C16H25N3O. The number of likely N-dealkylation sites (N-methyl/N-ethyl adjacent to an activating group) is 1. The van der Waals surface area contributed by atoms with Crippen LogP contribution in [0, 0.1) is 11.3 Å². The lowest BCUT2D eigenvalue weighted by molar-refractivity contribution is -0.142. The Labute approximate surface area is 121 Å². The fourth-order valence-corrected chi connectivity index (χ4v) is 2.94. The molecule has 1 aromatic heterocycles. The summed E-state index contributed by atoms with van der Waals surface area (Å²) in [6, 6.07) is 5.91. The lowest BCUT2D eigenvalue weighted by atomic mass is 9.75. The van der Waals surface area contributed by atoms with Crippen molar-refractivity contribution >= 4 is 5.91 Å². The van der Waals surface area contributed by atoms with Gasteiger partial charge in [-0.3, -0.25) is 9.78 Å². The number of amides is 1. The van der Waals surface area contributed by atoms with Crippen LogP contribution in [-0.2, 0) is 11.2 Å². The Hall–Kier alpha value is -1.42. The van der Waals surface area contributed by atoms with Crippen LogP contribution in [0.4, 0.5) is 0 Å². The number of rotatable bonds is 5. The Morgan fingerprint density at radius 2 is 2.30 bits per heavy atom. The van der Waals surface area contributed by atoms with Crippen LogP contribution in [-0.4, -0.2) is 42.5 Å². The van der Waals surface area contributed by atoms with Crippen LogP contribution in [0.5, 0.6) is 0 Å². The Morgan fingerprint density at radius 3 is 2.85 bits per heavy atom. The van der Waals surface area contributed by atoms with Gasteiger partial charge in [0, 0.05) is 38.4 Å². The van der Waals surface area contributed by atoms with Crippen molar-refractivity contribution in [3.8, 4) is 0 Å². The molecule has 20 heavy (non-hydrogen) atoms. The van der Waals surface area contributed by atoms with Gasteiger partial charge >= 0.3 is 0 Å². The molecule has 0 radical (unpaired) electrons. The van der Waals surface area contributed by atoms with E-state index in [-0.39, 0.29) is 11.3 Å². The fourth-order valence-electron chi connectivity index (χ4n) is 2.94. The molecule has 0 spiro atoms. The molecule has 2 heterocycles. The van der Waals surface area contributed by atoms with E-state index >= 15 is 0 Å². The Kier molecular flexibility index (Phi) is 4.76. The van der Waals surface area contributed by atoms with Gasteiger partial charge in [-0.05, 0) is 31.0 Å². The Bertz CT molecular complexity index is 438. The van der Waals surface area contributed by atoms with Gasteiger partial charge in [0.1, 0.15) is 0 Å². The van der Waals surface area contributed by atoms with Crippen molar-refractivity contribution in [1.29, 1.82) is 0 Å². The zero-order valence-electron chi connectivity index (χ0n) is 12.7. The van der Waals surface area contributed by atoms with Crippen LogP contribution in [0.25, 0.3) is 0 Å². The minimum atomic E-state index is -0.223. The lowest BCUT2D eigenvalue weighted by Gasteiger charge is -2.35. The number of carbonyl (C=O) groups is 1. The molecule has 1 saturated heterocycles. The van der Waals surface area contributed by atoms with Crippen LogP contribution in [0.3, 0.4) is 0 Å². The molecule has 1 N–H and O–H groups in total. The van der Waals surface area contributed by atoms with Gasteiger partial charge in [-0.15, -0.1) is 0 Å². The molecule has 0 bridgehead atoms. The molecule has 4 heteroatoms. The maximum Gasteiger partial charge on any atom is 0.230 e. The third-order valence-electron chi connectivity index (χ3n) is 4.50. The molecule has 2 rings (SSSR count). The zero-order chi connectivity index (χ0) is 14.6. The summed E-state index contributed by atoms with van der Waals surface area (Å²) in [6.07, 6.45) is 3.55. The molecule has 1 aromatic rings. The van der Waals surface area contributed by atoms with E-state index in [1.54, 1.807) is 6.20 Å². The van der Waals surface area contributed by atoms with Crippen LogP contribution in [0.2, 0.25) is 0 Å². The van der Waals surface area contributed by atoms with E-state index < -0.39 is 0 Å². The summed E-state index contributed by atoms with van der Waals surface area (Å²) >= 11 is 0. The predicted octanol–water partition coefficient (Wildman–Crippen LogP) is 1.72. The van der Waals surface area contributed by atoms with E-state index in [0.717, 1.165) is 38.2 Å². The maximum absolute atomic E-state index is 12.8. The SMILES string of the molecule is CC(C)C1(C(=O)N(C)CCc2ccccn2)CCNC1. The zero-order valence-corrected chi connectivity index (χ0v) is 12.7. The second kappa shape index (κ2) is 6.35.